The number of rotatable bonds is 7. The Kier molecular flexibility index (Phi) is 5.03. The molecule has 0 aliphatic rings. The lowest BCUT2D eigenvalue weighted by molar-refractivity contribution is 0.318. The van der Waals surface area contributed by atoms with Gasteiger partial charge in [0.05, 0.1) is 24.2 Å². The van der Waals surface area contributed by atoms with Crippen LogP contribution in [0.15, 0.2) is 18.2 Å². The quantitative estimate of drug-likeness (QED) is 0.786. The summed E-state index contributed by atoms with van der Waals surface area (Å²) in [5.74, 6) is 4.54. The summed E-state index contributed by atoms with van der Waals surface area (Å²) in [5.41, 5.74) is 7.56. The highest BCUT2D eigenvalue weighted by Crippen LogP contribution is 2.22. The molecule has 1 aromatic heterocycles. The zero-order valence-electron chi connectivity index (χ0n) is 11.9. The zero-order chi connectivity index (χ0) is 14.4. The predicted octanol–water partition coefficient (Wildman–Crippen LogP) is 2.35. The van der Waals surface area contributed by atoms with Crippen LogP contribution in [-0.4, -0.2) is 22.7 Å². The van der Waals surface area contributed by atoms with Crippen LogP contribution < -0.4 is 10.5 Å². The minimum absolute atomic E-state index is 0.533. The molecule has 0 aliphatic carbocycles. The SMILES string of the molecule is C#CCn1c(CCCN)nc2cc(OCCC)ccc21. The van der Waals surface area contributed by atoms with E-state index in [-0.39, 0.29) is 0 Å². The van der Waals surface area contributed by atoms with Gasteiger partial charge in [-0.2, -0.15) is 0 Å². The first-order chi connectivity index (χ1) is 9.80. The number of hydrogen-bond acceptors (Lipinski definition) is 3. The van der Waals surface area contributed by atoms with Crippen molar-refractivity contribution in [2.45, 2.75) is 32.7 Å². The van der Waals surface area contributed by atoms with Crippen molar-refractivity contribution in [3.05, 3.63) is 24.0 Å². The molecule has 0 saturated heterocycles. The number of ether oxygens (including phenoxy) is 1. The Bertz CT molecular complexity index is 610. The highest BCUT2D eigenvalue weighted by Gasteiger charge is 2.10. The maximum Gasteiger partial charge on any atom is 0.121 e. The number of nitrogens with two attached hydrogens (primary N) is 1. The van der Waals surface area contributed by atoms with Crippen molar-refractivity contribution < 1.29 is 4.74 Å². The van der Waals surface area contributed by atoms with Crippen LogP contribution in [0.25, 0.3) is 11.0 Å². The summed E-state index contributed by atoms with van der Waals surface area (Å²) in [4.78, 5) is 4.67. The van der Waals surface area contributed by atoms with Gasteiger partial charge in [0, 0.05) is 12.5 Å². The zero-order valence-corrected chi connectivity index (χ0v) is 11.9. The molecule has 1 aromatic carbocycles. The van der Waals surface area contributed by atoms with Crippen molar-refractivity contribution in [2.75, 3.05) is 13.2 Å². The number of terminal acetylenes is 1. The molecule has 20 heavy (non-hydrogen) atoms. The highest BCUT2D eigenvalue weighted by molar-refractivity contribution is 5.78. The first kappa shape index (κ1) is 14.4. The third kappa shape index (κ3) is 3.12. The van der Waals surface area contributed by atoms with Crippen LogP contribution in [0.5, 0.6) is 5.75 Å². The van der Waals surface area contributed by atoms with E-state index in [0.717, 1.165) is 48.5 Å². The molecule has 1 heterocycles. The van der Waals surface area contributed by atoms with Crippen molar-refractivity contribution in [2.24, 2.45) is 5.73 Å². The molecule has 0 atom stereocenters. The number of nitrogens with zero attached hydrogens (tertiary/aromatic N) is 2. The maximum atomic E-state index is 5.64. The Morgan fingerprint density at radius 2 is 2.30 bits per heavy atom. The van der Waals surface area contributed by atoms with Crippen LogP contribution in [-0.2, 0) is 13.0 Å². The number of aryl methyl sites for hydroxylation is 1. The second kappa shape index (κ2) is 6.97. The molecule has 0 bridgehead atoms. The molecule has 4 heteroatoms. The first-order valence-corrected chi connectivity index (χ1v) is 7.05. The van der Waals surface area contributed by atoms with E-state index in [0.29, 0.717) is 13.1 Å². The Morgan fingerprint density at radius 3 is 3.00 bits per heavy atom. The molecular formula is C16H21N3O. The fourth-order valence-corrected chi connectivity index (χ4v) is 2.19. The molecule has 2 aromatic rings. The van der Waals surface area contributed by atoms with E-state index in [9.17, 15) is 0 Å². The summed E-state index contributed by atoms with van der Waals surface area (Å²) in [5, 5.41) is 0. The fraction of sp³-hybridized carbons (Fsp3) is 0.438. The monoisotopic (exact) mass is 271 g/mol. The smallest absolute Gasteiger partial charge is 0.121 e. The molecule has 0 saturated carbocycles. The van der Waals surface area contributed by atoms with Gasteiger partial charge in [-0.25, -0.2) is 4.98 Å². The standard InChI is InChI=1S/C16H21N3O/c1-3-10-19-15-8-7-13(20-11-4-2)12-14(15)18-16(19)6-5-9-17/h1,7-8,12H,4-6,9-11,17H2,2H3. The summed E-state index contributed by atoms with van der Waals surface area (Å²) >= 11 is 0. The molecule has 0 spiro atoms. The van der Waals surface area contributed by atoms with E-state index < -0.39 is 0 Å². The van der Waals surface area contributed by atoms with Gasteiger partial charge in [-0.1, -0.05) is 12.8 Å². The van der Waals surface area contributed by atoms with Crippen LogP contribution in [0.3, 0.4) is 0 Å². The number of imidazole rings is 1. The molecular weight excluding hydrogens is 250 g/mol. The summed E-state index contributed by atoms with van der Waals surface area (Å²) in [6, 6.07) is 5.97. The van der Waals surface area contributed by atoms with Gasteiger partial charge < -0.3 is 15.0 Å². The fourth-order valence-electron chi connectivity index (χ4n) is 2.19. The average Bonchev–Trinajstić information content (AvgIpc) is 2.80. The van der Waals surface area contributed by atoms with Gasteiger partial charge in [-0.05, 0) is 31.5 Å². The van der Waals surface area contributed by atoms with Crippen LogP contribution in [0, 0.1) is 12.3 Å². The van der Waals surface area contributed by atoms with Crippen LogP contribution in [0.1, 0.15) is 25.6 Å². The van der Waals surface area contributed by atoms with E-state index in [4.69, 9.17) is 16.9 Å². The summed E-state index contributed by atoms with van der Waals surface area (Å²) < 4.78 is 7.72. The Morgan fingerprint density at radius 1 is 1.45 bits per heavy atom. The lowest BCUT2D eigenvalue weighted by Gasteiger charge is -2.06. The van der Waals surface area contributed by atoms with Gasteiger partial charge in [0.2, 0.25) is 0 Å². The summed E-state index contributed by atoms with van der Waals surface area (Å²) in [6.45, 7) is 4.00. The molecule has 0 radical (unpaired) electrons. The van der Waals surface area contributed by atoms with E-state index in [1.807, 2.05) is 18.2 Å². The summed E-state index contributed by atoms with van der Waals surface area (Å²) in [6.07, 6.45) is 8.20. The Labute approximate surface area is 119 Å². The van der Waals surface area contributed by atoms with E-state index >= 15 is 0 Å². The first-order valence-electron chi connectivity index (χ1n) is 7.05. The second-order valence-electron chi connectivity index (χ2n) is 4.71. The van der Waals surface area contributed by atoms with Gasteiger partial charge in [0.25, 0.3) is 0 Å². The molecule has 0 aliphatic heterocycles. The predicted molar refractivity (Wildman–Crippen MR) is 81.7 cm³/mol. The lowest BCUT2D eigenvalue weighted by Crippen LogP contribution is -2.06. The number of benzene rings is 1. The van der Waals surface area contributed by atoms with Gasteiger partial charge in [0.15, 0.2) is 0 Å². The van der Waals surface area contributed by atoms with Gasteiger partial charge in [-0.15, -0.1) is 6.42 Å². The highest BCUT2D eigenvalue weighted by atomic mass is 16.5. The van der Waals surface area contributed by atoms with Gasteiger partial charge in [0.1, 0.15) is 11.6 Å². The van der Waals surface area contributed by atoms with Crippen LogP contribution in [0.4, 0.5) is 0 Å². The van der Waals surface area contributed by atoms with E-state index in [2.05, 4.69) is 22.4 Å². The minimum Gasteiger partial charge on any atom is -0.494 e. The topological polar surface area (TPSA) is 53.1 Å². The normalized spacial score (nSPS) is 10.7. The molecule has 0 amide bonds. The number of hydrogen-bond donors (Lipinski definition) is 1. The maximum absolute atomic E-state index is 5.64. The van der Waals surface area contributed by atoms with Crippen LogP contribution >= 0.6 is 0 Å². The molecule has 106 valence electrons. The minimum atomic E-state index is 0.533. The van der Waals surface area contributed by atoms with Gasteiger partial charge in [-0.3, -0.25) is 0 Å². The number of aromatic nitrogens is 2. The molecule has 2 N–H and O–H groups in total. The molecule has 0 fully saturated rings. The van der Waals surface area contributed by atoms with E-state index in [1.165, 1.54) is 0 Å². The third-order valence-electron chi connectivity index (χ3n) is 3.13. The molecule has 2 rings (SSSR count). The Balaban J connectivity index is 2.36. The second-order valence-corrected chi connectivity index (χ2v) is 4.71. The van der Waals surface area contributed by atoms with Gasteiger partial charge >= 0.3 is 0 Å². The van der Waals surface area contributed by atoms with Crippen LogP contribution in [0.2, 0.25) is 0 Å². The number of fused-ring (bicyclic) bond motifs is 1. The van der Waals surface area contributed by atoms with Crippen molar-refractivity contribution in [1.29, 1.82) is 0 Å². The summed E-state index contributed by atoms with van der Waals surface area (Å²) in [7, 11) is 0. The van der Waals surface area contributed by atoms with Crippen molar-refractivity contribution in [1.82, 2.24) is 9.55 Å². The lowest BCUT2D eigenvalue weighted by atomic mass is 10.3. The average molecular weight is 271 g/mol. The Hall–Kier alpha value is -1.99. The van der Waals surface area contributed by atoms with E-state index in [1.54, 1.807) is 0 Å². The van der Waals surface area contributed by atoms with Crippen molar-refractivity contribution >= 4 is 11.0 Å². The molecule has 4 nitrogen and oxygen atoms in total. The molecule has 0 unspecified atom stereocenters. The van der Waals surface area contributed by atoms with Crippen molar-refractivity contribution in [3.63, 3.8) is 0 Å². The third-order valence-corrected chi connectivity index (χ3v) is 3.13. The van der Waals surface area contributed by atoms with Crippen molar-refractivity contribution in [3.8, 4) is 18.1 Å². The largest absolute Gasteiger partial charge is 0.494 e.